The summed E-state index contributed by atoms with van der Waals surface area (Å²) in [6.45, 7) is 5.63. The fourth-order valence-corrected chi connectivity index (χ4v) is 5.39. The summed E-state index contributed by atoms with van der Waals surface area (Å²) < 4.78 is 77.0. The van der Waals surface area contributed by atoms with Crippen LogP contribution in [0.15, 0.2) is 45.7 Å². The first-order chi connectivity index (χ1) is 16.1. The first-order valence-electron chi connectivity index (χ1n) is 10.5. The molecule has 1 amide bonds. The minimum absolute atomic E-state index is 0.0550. The van der Waals surface area contributed by atoms with Crippen LogP contribution in [-0.2, 0) is 33.4 Å². The van der Waals surface area contributed by atoms with Crippen molar-refractivity contribution in [3.63, 3.8) is 0 Å². The van der Waals surface area contributed by atoms with Crippen LogP contribution in [-0.4, -0.2) is 55.5 Å². The van der Waals surface area contributed by atoms with Gasteiger partial charge < -0.3 is 9.64 Å². The highest BCUT2D eigenvalue weighted by atomic mass is 35.5. The summed E-state index contributed by atoms with van der Waals surface area (Å²) in [4.78, 5) is 13.6. The zero-order valence-electron chi connectivity index (χ0n) is 19.1. The lowest BCUT2D eigenvalue weighted by atomic mass is 9.98. The standard InChI is InChI=1S/C22H23ClF3N3O4S2/c1-21(2,3)33-20(30)28-8-10-29(11-9-28)35(31,32)16-6-4-14(5-7-16)19-17(22(24,25)26)12-15(27-34)13-18(19)23/h4-7,12-13H,8-11H2,1-3H3. The fraction of sp³-hybridized carbons (Fsp3) is 0.409. The lowest BCUT2D eigenvalue weighted by Crippen LogP contribution is -2.51. The van der Waals surface area contributed by atoms with Crippen LogP contribution in [0.4, 0.5) is 23.7 Å². The number of benzene rings is 2. The molecule has 0 N–H and O–H groups in total. The molecule has 1 aliphatic rings. The van der Waals surface area contributed by atoms with E-state index in [2.05, 4.69) is 16.8 Å². The van der Waals surface area contributed by atoms with Crippen molar-refractivity contribution >= 4 is 45.8 Å². The average Bonchev–Trinajstić information content (AvgIpc) is 2.77. The van der Waals surface area contributed by atoms with Crippen LogP contribution in [0.5, 0.6) is 0 Å². The normalized spacial score (nSPS) is 15.7. The predicted octanol–water partition coefficient (Wildman–Crippen LogP) is 5.63. The Morgan fingerprint density at radius 1 is 1.06 bits per heavy atom. The Labute approximate surface area is 212 Å². The van der Waals surface area contributed by atoms with Crippen molar-refractivity contribution in [3.8, 4) is 11.1 Å². The Kier molecular flexibility index (Phi) is 7.80. The maximum atomic E-state index is 13.6. The molecule has 0 unspecified atom stereocenters. The number of carbonyl (C=O) groups excluding carboxylic acids is 1. The number of sulfonamides is 1. The summed E-state index contributed by atoms with van der Waals surface area (Å²) >= 11 is 10.6. The van der Waals surface area contributed by atoms with Gasteiger partial charge in [0.25, 0.3) is 0 Å². The molecule has 0 spiro atoms. The molecule has 7 nitrogen and oxygen atoms in total. The molecule has 35 heavy (non-hydrogen) atoms. The first kappa shape index (κ1) is 27.3. The van der Waals surface area contributed by atoms with E-state index in [1.807, 2.05) is 0 Å². The van der Waals surface area contributed by atoms with Gasteiger partial charge in [-0.15, -0.1) is 0 Å². The van der Waals surface area contributed by atoms with Crippen molar-refractivity contribution < 1.29 is 31.1 Å². The van der Waals surface area contributed by atoms with E-state index in [-0.39, 0.29) is 52.9 Å². The number of ether oxygens (including phenoxy) is 1. The lowest BCUT2D eigenvalue weighted by Gasteiger charge is -2.35. The van der Waals surface area contributed by atoms with E-state index in [4.69, 9.17) is 16.3 Å². The zero-order valence-corrected chi connectivity index (χ0v) is 21.5. The van der Waals surface area contributed by atoms with Crippen molar-refractivity contribution in [3.05, 3.63) is 47.0 Å². The van der Waals surface area contributed by atoms with Crippen LogP contribution in [0.25, 0.3) is 11.1 Å². The molecule has 1 aliphatic heterocycles. The van der Waals surface area contributed by atoms with Gasteiger partial charge in [0.05, 0.1) is 21.2 Å². The van der Waals surface area contributed by atoms with E-state index < -0.39 is 33.5 Å². The van der Waals surface area contributed by atoms with Crippen molar-refractivity contribution in [2.24, 2.45) is 4.36 Å². The number of amides is 1. The summed E-state index contributed by atoms with van der Waals surface area (Å²) in [7, 11) is -3.93. The van der Waals surface area contributed by atoms with E-state index in [0.717, 1.165) is 6.07 Å². The molecule has 1 heterocycles. The number of nitrogens with zero attached hydrogens (tertiary/aromatic N) is 3. The van der Waals surface area contributed by atoms with E-state index in [0.29, 0.717) is 0 Å². The molecule has 0 aliphatic carbocycles. The Bertz CT molecular complexity index is 1220. The second-order valence-electron chi connectivity index (χ2n) is 8.84. The highest BCUT2D eigenvalue weighted by Gasteiger charge is 2.36. The Morgan fingerprint density at radius 3 is 2.11 bits per heavy atom. The number of alkyl halides is 3. The third-order valence-electron chi connectivity index (χ3n) is 5.16. The monoisotopic (exact) mass is 549 g/mol. The van der Waals surface area contributed by atoms with E-state index >= 15 is 0 Å². The first-order valence-corrected chi connectivity index (χ1v) is 12.6. The summed E-state index contributed by atoms with van der Waals surface area (Å²) in [5.41, 5.74) is -2.01. The van der Waals surface area contributed by atoms with Gasteiger partial charge in [-0.1, -0.05) is 23.7 Å². The molecule has 1 saturated heterocycles. The second kappa shape index (κ2) is 10.00. The van der Waals surface area contributed by atoms with Crippen molar-refractivity contribution in [2.75, 3.05) is 26.2 Å². The van der Waals surface area contributed by atoms with Crippen LogP contribution in [0.3, 0.4) is 0 Å². The molecule has 1 fully saturated rings. The maximum absolute atomic E-state index is 13.6. The molecule has 0 radical (unpaired) electrons. The summed E-state index contributed by atoms with van der Waals surface area (Å²) in [5, 5.41) is -0.211. The van der Waals surface area contributed by atoms with Gasteiger partial charge in [0.1, 0.15) is 5.60 Å². The zero-order chi connectivity index (χ0) is 26.2. The lowest BCUT2D eigenvalue weighted by molar-refractivity contribution is -0.137. The molecular formula is C22H23ClF3N3O4S2. The maximum Gasteiger partial charge on any atom is 0.417 e. The average molecular weight is 550 g/mol. The molecule has 0 aromatic heterocycles. The van der Waals surface area contributed by atoms with Gasteiger partial charge >= 0.3 is 12.3 Å². The van der Waals surface area contributed by atoms with Crippen LogP contribution < -0.4 is 0 Å². The molecule has 0 saturated carbocycles. The molecule has 2 aromatic carbocycles. The minimum Gasteiger partial charge on any atom is -0.444 e. The van der Waals surface area contributed by atoms with Crippen LogP contribution >= 0.6 is 11.6 Å². The number of halogens is 4. The number of piperazine rings is 1. The van der Waals surface area contributed by atoms with Crippen molar-refractivity contribution in [1.82, 2.24) is 9.21 Å². The molecule has 2 aromatic rings. The molecule has 190 valence electrons. The molecule has 3 rings (SSSR count). The number of hydrogen-bond acceptors (Lipinski definition) is 6. The SMILES string of the molecule is CC(C)(C)OC(=O)N1CCN(S(=O)(=O)c2ccc(-c3c(Cl)cc(N=S)cc3C(F)(F)F)cc2)CC1. The number of rotatable bonds is 4. The van der Waals surface area contributed by atoms with Crippen LogP contribution in [0, 0.1) is 0 Å². The van der Waals surface area contributed by atoms with Gasteiger partial charge in [-0.2, -0.15) is 21.8 Å². The fourth-order valence-electron chi connectivity index (χ4n) is 3.54. The molecule has 0 atom stereocenters. The molecular weight excluding hydrogens is 527 g/mol. The van der Waals surface area contributed by atoms with Gasteiger partial charge in [-0.05, 0) is 50.6 Å². The van der Waals surface area contributed by atoms with Crippen LogP contribution in [0.2, 0.25) is 5.02 Å². The third kappa shape index (κ3) is 6.29. The smallest absolute Gasteiger partial charge is 0.417 e. The topological polar surface area (TPSA) is 79.3 Å². The minimum atomic E-state index is -4.73. The number of carbonyl (C=O) groups is 1. The highest BCUT2D eigenvalue weighted by molar-refractivity contribution is 7.89. The van der Waals surface area contributed by atoms with Gasteiger partial charge in [-0.3, -0.25) is 0 Å². The van der Waals surface area contributed by atoms with Gasteiger partial charge in [0, 0.05) is 44.2 Å². The van der Waals surface area contributed by atoms with Crippen molar-refractivity contribution in [1.29, 1.82) is 0 Å². The summed E-state index contributed by atoms with van der Waals surface area (Å²) in [5.74, 6) is 0. The summed E-state index contributed by atoms with van der Waals surface area (Å²) in [6.07, 6.45) is -5.25. The van der Waals surface area contributed by atoms with E-state index in [1.54, 1.807) is 20.8 Å². The number of hydrogen-bond donors (Lipinski definition) is 0. The van der Waals surface area contributed by atoms with Crippen molar-refractivity contribution in [2.45, 2.75) is 37.4 Å². The Hall–Kier alpha value is -2.28. The van der Waals surface area contributed by atoms with Gasteiger partial charge in [-0.25, -0.2) is 13.2 Å². The quantitative estimate of drug-likeness (QED) is 0.494. The van der Waals surface area contributed by atoms with Gasteiger partial charge in [0.2, 0.25) is 10.0 Å². The van der Waals surface area contributed by atoms with Gasteiger partial charge in [0.15, 0.2) is 0 Å². The molecule has 0 bridgehead atoms. The van der Waals surface area contributed by atoms with Crippen LogP contribution in [0.1, 0.15) is 26.3 Å². The predicted molar refractivity (Wildman–Crippen MR) is 128 cm³/mol. The second-order valence-corrected chi connectivity index (χ2v) is 11.4. The highest BCUT2D eigenvalue weighted by Crippen LogP contribution is 2.43. The third-order valence-corrected chi connectivity index (χ3v) is 7.58. The summed E-state index contributed by atoms with van der Waals surface area (Å²) in [6, 6.07) is 7.01. The largest absolute Gasteiger partial charge is 0.444 e. The van der Waals surface area contributed by atoms with E-state index in [1.165, 1.54) is 39.5 Å². The van der Waals surface area contributed by atoms with E-state index in [9.17, 15) is 26.4 Å². The molecule has 13 heteroatoms. The Morgan fingerprint density at radius 2 is 1.63 bits per heavy atom. The Balaban J connectivity index is 1.82.